The molecule has 15 heavy (non-hydrogen) atoms. The Bertz CT molecular complexity index is 279. The predicted octanol–water partition coefficient (Wildman–Crippen LogP) is 3.90. The van der Waals surface area contributed by atoms with Crippen LogP contribution in [0.5, 0.6) is 5.75 Å². The quantitative estimate of drug-likeness (QED) is 0.738. The molecule has 1 atom stereocenters. The van der Waals surface area contributed by atoms with Crippen molar-refractivity contribution in [2.24, 2.45) is 11.8 Å². The highest BCUT2D eigenvalue weighted by Gasteiger charge is 2.12. The molecule has 84 valence electrons. The largest absolute Gasteiger partial charge is 0.497 e. The van der Waals surface area contributed by atoms with E-state index in [0.717, 1.165) is 17.5 Å². The molecule has 0 N–H and O–H groups in total. The second-order valence-corrected chi connectivity index (χ2v) is 4.86. The molecule has 1 aromatic carbocycles. The Kier molecular flexibility index (Phi) is 5.16. The van der Waals surface area contributed by atoms with Gasteiger partial charge in [0.05, 0.1) is 7.11 Å². The number of rotatable bonds is 5. The fraction of sp³-hybridized carbons (Fsp3) is 0.538. The van der Waals surface area contributed by atoms with Gasteiger partial charge in [0, 0.05) is 5.33 Å². The van der Waals surface area contributed by atoms with Gasteiger partial charge in [0.15, 0.2) is 0 Å². The number of benzene rings is 1. The third kappa shape index (κ3) is 3.86. The second kappa shape index (κ2) is 6.16. The van der Waals surface area contributed by atoms with E-state index in [1.165, 1.54) is 5.56 Å². The van der Waals surface area contributed by atoms with Crippen LogP contribution in [0.2, 0.25) is 0 Å². The summed E-state index contributed by atoms with van der Waals surface area (Å²) in [5.41, 5.74) is 1.38. The van der Waals surface area contributed by atoms with Crippen LogP contribution in [0.1, 0.15) is 19.4 Å². The van der Waals surface area contributed by atoms with Crippen molar-refractivity contribution >= 4 is 15.9 Å². The molecule has 0 aliphatic carbocycles. The standard InChI is InChI=1S/C13H19BrO/c1-10(2)12(9-14)8-11-4-6-13(15-3)7-5-11/h4-7,10,12H,8-9H2,1-3H3. The number of alkyl halides is 1. The molecule has 0 radical (unpaired) electrons. The number of halogens is 1. The molecular formula is C13H19BrO. The van der Waals surface area contributed by atoms with Gasteiger partial charge in [-0.15, -0.1) is 0 Å². The van der Waals surface area contributed by atoms with Gasteiger partial charge < -0.3 is 4.74 Å². The minimum Gasteiger partial charge on any atom is -0.497 e. The monoisotopic (exact) mass is 270 g/mol. The van der Waals surface area contributed by atoms with Crippen molar-refractivity contribution < 1.29 is 4.74 Å². The molecule has 0 heterocycles. The van der Waals surface area contributed by atoms with Crippen LogP contribution < -0.4 is 4.74 Å². The van der Waals surface area contributed by atoms with Crippen molar-refractivity contribution in [1.82, 2.24) is 0 Å². The van der Waals surface area contributed by atoms with E-state index in [1.54, 1.807) is 7.11 Å². The van der Waals surface area contributed by atoms with Gasteiger partial charge in [-0.05, 0) is 36.0 Å². The van der Waals surface area contributed by atoms with Crippen LogP contribution in [0.15, 0.2) is 24.3 Å². The summed E-state index contributed by atoms with van der Waals surface area (Å²) >= 11 is 3.58. The number of hydrogen-bond donors (Lipinski definition) is 0. The van der Waals surface area contributed by atoms with Crippen molar-refractivity contribution in [2.75, 3.05) is 12.4 Å². The lowest BCUT2D eigenvalue weighted by atomic mass is 9.91. The third-order valence-corrected chi connectivity index (χ3v) is 3.63. The lowest BCUT2D eigenvalue weighted by Gasteiger charge is -2.18. The van der Waals surface area contributed by atoms with Crippen LogP contribution in [-0.2, 0) is 6.42 Å². The summed E-state index contributed by atoms with van der Waals surface area (Å²) in [6, 6.07) is 8.36. The molecule has 0 aliphatic heterocycles. The summed E-state index contributed by atoms with van der Waals surface area (Å²) in [7, 11) is 1.70. The number of methoxy groups -OCH3 is 1. The van der Waals surface area contributed by atoms with Gasteiger partial charge in [-0.25, -0.2) is 0 Å². The van der Waals surface area contributed by atoms with E-state index in [4.69, 9.17) is 4.74 Å². The number of hydrogen-bond acceptors (Lipinski definition) is 1. The van der Waals surface area contributed by atoms with Crippen LogP contribution >= 0.6 is 15.9 Å². The molecule has 1 aromatic rings. The van der Waals surface area contributed by atoms with Crippen molar-refractivity contribution in [2.45, 2.75) is 20.3 Å². The average molecular weight is 271 g/mol. The van der Waals surface area contributed by atoms with Crippen molar-refractivity contribution in [3.8, 4) is 5.75 Å². The smallest absolute Gasteiger partial charge is 0.118 e. The van der Waals surface area contributed by atoms with Crippen molar-refractivity contribution in [3.05, 3.63) is 29.8 Å². The second-order valence-electron chi connectivity index (χ2n) is 4.21. The van der Waals surface area contributed by atoms with E-state index in [2.05, 4.69) is 41.9 Å². The van der Waals surface area contributed by atoms with Crippen LogP contribution in [0.25, 0.3) is 0 Å². The minimum absolute atomic E-state index is 0.707. The molecule has 0 spiro atoms. The highest BCUT2D eigenvalue weighted by atomic mass is 79.9. The highest BCUT2D eigenvalue weighted by molar-refractivity contribution is 9.09. The molecule has 1 nitrogen and oxygen atoms in total. The lowest BCUT2D eigenvalue weighted by molar-refractivity contribution is 0.413. The summed E-state index contributed by atoms with van der Waals surface area (Å²) in [5, 5.41) is 1.07. The fourth-order valence-electron chi connectivity index (χ4n) is 1.53. The molecular weight excluding hydrogens is 252 g/mol. The summed E-state index contributed by atoms with van der Waals surface area (Å²) in [4.78, 5) is 0. The van der Waals surface area contributed by atoms with E-state index in [-0.39, 0.29) is 0 Å². The zero-order valence-corrected chi connectivity index (χ0v) is 11.3. The van der Waals surface area contributed by atoms with E-state index in [0.29, 0.717) is 11.8 Å². The fourth-order valence-corrected chi connectivity index (χ4v) is 2.51. The third-order valence-electron chi connectivity index (χ3n) is 2.80. The lowest BCUT2D eigenvalue weighted by Crippen LogP contribution is -2.13. The molecule has 1 unspecified atom stereocenters. The van der Waals surface area contributed by atoms with E-state index in [9.17, 15) is 0 Å². The van der Waals surface area contributed by atoms with Crippen LogP contribution in [-0.4, -0.2) is 12.4 Å². The Hall–Kier alpha value is -0.500. The van der Waals surface area contributed by atoms with Gasteiger partial charge in [-0.1, -0.05) is 41.9 Å². The summed E-state index contributed by atoms with van der Waals surface area (Å²) < 4.78 is 5.14. The molecule has 0 aromatic heterocycles. The van der Waals surface area contributed by atoms with Gasteiger partial charge in [0.1, 0.15) is 5.75 Å². The molecule has 0 saturated heterocycles. The predicted molar refractivity (Wildman–Crippen MR) is 68.8 cm³/mol. The first-order valence-corrected chi connectivity index (χ1v) is 6.48. The molecule has 0 aliphatic rings. The van der Waals surface area contributed by atoms with E-state index < -0.39 is 0 Å². The SMILES string of the molecule is COc1ccc(CC(CBr)C(C)C)cc1. The van der Waals surface area contributed by atoms with Crippen molar-refractivity contribution in [3.63, 3.8) is 0 Å². The molecule has 1 rings (SSSR count). The molecule has 0 amide bonds. The topological polar surface area (TPSA) is 9.23 Å². The summed E-state index contributed by atoms with van der Waals surface area (Å²) in [5.74, 6) is 2.35. The van der Waals surface area contributed by atoms with Crippen LogP contribution in [0, 0.1) is 11.8 Å². The zero-order chi connectivity index (χ0) is 11.3. The molecule has 0 fully saturated rings. The first-order valence-electron chi connectivity index (χ1n) is 5.36. The Morgan fingerprint density at radius 3 is 2.20 bits per heavy atom. The van der Waals surface area contributed by atoms with Crippen LogP contribution in [0.3, 0.4) is 0 Å². The Balaban J connectivity index is 2.63. The Morgan fingerprint density at radius 2 is 1.80 bits per heavy atom. The summed E-state index contributed by atoms with van der Waals surface area (Å²) in [6.45, 7) is 4.55. The molecule has 0 saturated carbocycles. The van der Waals surface area contributed by atoms with Gasteiger partial charge in [0.2, 0.25) is 0 Å². The van der Waals surface area contributed by atoms with Gasteiger partial charge >= 0.3 is 0 Å². The first kappa shape index (κ1) is 12.6. The van der Waals surface area contributed by atoms with Gasteiger partial charge in [0.25, 0.3) is 0 Å². The molecule has 0 bridgehead atoms. The zero-order valence-electron chi connectivity index (χ0n) is 9.66. The maximum Gasteiger partial charge on any atom is 0.118 e. The van der Waals surface area contributed by atoms with Crippen LogP contribution in [0.4, 0.5) is 0 Å². The Labute approximate surface area is 101 Å². The number of ether oxygens (including phenoxy) is 1. The normalized spacial score (nSPS) is 12.9. The summed E-state index contributed by atoms with van der Waals surface area (Å²) in [6.07, 6.45) is 1.13. The van der Waals surface area contributed by atoms with Gasteiger partial charge in [-0.2, -0.15) is 0 Å². The van der Waals surface area contributed by atoms with Crippen molar-refractivity contribution in [1.29, 1.82) is 0 Å². The maximum atomic E-state index is 5.14. The molecule has 2 heteroatoms. The Morgan fingerprint density at radius 1 is 1.20 bits per heavy atom. The van der Waals surface area contributed by atoms with E-state index >= 15 is 0 Å². The van der Waals surface area contributed by atoms with Gasteiger partial charge in [-0.3, -0.25) is 0 Å². The maximum absolute atomic E-state index is 5.14. The highest BCUT2D eigenvalue weighted by Crippen LogP contribution is 2.21. The first-order chi connectivity index (χ1) is 7.17. The van der Waals surface area contributed by atoms with E-state index in [1.807, 2.05) is 12.1 Å². The minimum atomic E-state index is 0.707. The average Bonchev–Trinajstić information content (AvgIpc) is 2.26.